The summed E-state index contributed by atoms with van der Waals surface area (Å²) < 4.78 is 3.48. The first-order valence-electron chi connectivity index (χ1n) is 10.1. The van der Waals surface area contributed by atoms with E-state index in [9.17, 15) is 4.79 Å². The predicted octanol–water partition coefficient (Wildman–Crippen LogP) is 5.26. The van der Waals surface area contributed by atoms with Gasteiger partial charge in [-0.05, 0) is 51.5 Å². The first-order valence-corrected chi connectivity index (χ1v) is 10.4. The first-order chi connectivity index (χ1) is 14.8. The van der Waals surface area contributed by atoms with Crippen molar-refractivity contribution in [1.82, 2.24) is 19.6 Å². The van der Waals surface area contributed by atoms with Crippen LogP contribution in [0.3, 0.4) is 0 Å². The van der Waals surface area contributed by atoms with Gasteiger partial charge in [-0.3, -0.25) is 4.79 Å². The van der Waals surface area contributed by atoms with Crippen molar-refractivity contribution in [2.75, 3.05) is 5.32 Å². The fourth-order valence-electron chi connectivity index (χ4n) is 3.60. The van der Waals surface area contributed by atoms with Crippen LogP contribution in [0.2, 0.25) is 5.15 Å². The summed E-state index contributed by atoms with van der Waals surface area (Å²) in [6.45, 7) is 8.25. The molecule has 0 saturated heterocycles. The second kappa shape index (κ2) is 8.40. The Balaban J connectivity index is 1.62. The Morgan fingerprint density at radius 3 is 2.39 bits per heavy atom. The molecule has 0 bridgehead atoms. The van der Waals surface area contributed by atoms with Crippen molar-refractivity contribution < 1.29 is 4.79 Å². The second-order valence-corrected chi connectivity index (χ2v) is 8.06. The van der Waals surface area contributed by atoms with Crippen LogP contribution < -0.4 is 5.32 Å². The molecule has 2 heterocycles. The van der Waals surface area contributed by atoms with E-state index in [4.69, 9.17) is 11.6 Å². The smallest absolute Gasteiger partial charge is 0.260 e. The molecule has 2 aromatic carbocycles. The van der Waals surface area contributed by atoms with Crippen LogP contribution in [-0.4, -0.2) is 25.5 Å². The van der Waals surface area contributed by atoms with Crippen LogP contribution in [-0.2, 0) is 6.54 Å². The lowest BCUT2D eigenvalue weighted by Gasteiger charge is -2.12. The molecule has 4 aromatic rings. The molecule has 0 saturated carbocycles. The van der Waals surface area contributed by atoms with Gasteiger partial charge in [0.1, 0.15) is 5.15 Å². The maximum Gasteiger partial charge on any atom is 0.260 e. The summed E-state index contributed by atoms with van der Waals surface area (Å²) in [4.78, 5) is 13.2. The third-order valence-corrected chi connectivity index (χ3v) is 5.52. The van der Waals surface area contributed by atoms with Crippen LogP contribution in [0.15, 0.2) is 54.6 Å². The Morgan fingerprint density at radius 2 is 1.71 bits per heavy atom. The van der Waals surface area contributed by atoms with Gasteiger partial charge in [0.2, 0.25) is 0 Å². The van der Waals surface area contributed by atoms with Crippen LogP contribution >= 0.6 is 11.6 Å². The van der Waals surface area contributed by atoms with Gasteiger partial charge in [-0.15, -0.1) is 0 Å². The molecule has 6 nitrogen and oxygen atoms in total. The third-order valence-electron chi connectivity index (χ3n) is 5.14. The fourth-order valence-corrected chi connectivity index (χ4v) is 3.92. The monoisotopic (exact) mass is 433 g/mol. The van der Waals surface area contributed by atoms with Gasteiger partial charge in [-0.1, -0.05) is 53.6 Å². The molecule has 1 N–H and O–H groups in total. The van der Waals surface area contributed by atoms with Crippen molar-refractivity contribution in [2.45, 2.75) is 34.2 Å². The van der Waals surface area contributed by atoms with E-state index in [0.717, 1.165) is 22.6 Å². The molecule has 0 aliphatic heterocycles. The molecule has 1 amide bonds. The predicted molar refractivity (Wildman–Crippen MR) is 123 cm³/mol. The Kier molecular flexibility index (Phi) is 5.65. The van der Waals surface area contributed by atoms with E-state index in [2.05, 4.69) is 15.5 Å². The number of carbonyl (C=O) groups is 1. The van der Waals surface area contributed by atoms with Crippen molar-refractivity contribution in [1.29, 1.82) is 0 Å². The lowest BCUT2D eigenvalue weighted by molar-refractivity contribution is 0.102. The van der Waals surface area contributed by atoms with E-state index in [1.165, 1.54) is 5.56 Å². The molecule has 0 radical (unpaired) electrons. The van der Waals surface area contributed by atoms with Crippen molar-refractivity contribution in [2.24, 2.45) is 0 Å². The molecule has 0 unspecified atom stereocenters. The molecular weight excluding hydrogens is 410 g/mol. The quantitative estimate of drug-likeness (QED) is 0.467. The molecule has 2 aromatic heterocycles. The van der Waals surface area contributed by atoms with Crippen LogP contribution in [0.5, 0.6) is 0 Å². The van der Waals surface area contributed by atoms with Crippen LogP contribution in [0.1, 0.15) is 38.6 Å². The Bertz CT molecular complexity index is 1250. The molecule has 0 atom stereocenters. The van der Waals surface area contributed by atoms with Crippen molar-refractivity contribution >= 4 is 23.2 Å². The highest BCUT2D eigenvalue weighted by molar-refractivity contribution is 6.33. The SMILES string of the molecule is Cc1ccc(Cn2nc(C)c(C(=O)Nc3ccccc3-n3nc(C)cc3C)c2Cl)cc1. The number of hydrogen-bond donors (Lipinski definition) is 1. The van der Waals surface area contributed by atoms with E-state index in [-0.39, 0.29) is 5.91 Å². The minimum Gasteiger partial charge on any atom is -0.320 e. The Morgan fingerprint density at radius 1 is 1.00 bits per heavy atom. The minimum absolute atomic E-state index is 0.299. The summed E-state index contributed by atoms with van der Waals surface area (Å²) >= 11 is 6.58. The number of aryl methyl sites for hydroxylation is 4. The molecular formula is C24H24ClN5O. The van der Waals surface area contributed by atoms with Gasteiger partial charge in [0.15, 0.2) is 0 Å². The number of hydrogen-bond acceptors (Lipinski definition) is 3. The summed E-state index contributed by atoms with van der Waals surface area (Å²) in [5.41, 5.74) is 6.55. The zero-order valence-corrected chi connectivity index (χ0v) is 18.7. The van der Waals surface area contributed by atoms with E-state index in [1.54, 1.807) is 11.6 Å². The van der Waals surface area contributed by atoms with Crippen LogP contribution in [0.25, 0.3) is 5.69 Å². The molecule has 158 valence electrons. The molecule has 0 aliphatic rings. The number of benzene rings is 2. The zero-order valence-electron chi connectivity index (χ0n) is 18.0. The lowest BCUT2D eigenvalue weighted by atomic mass is 10.1. The highest BCUT2D eigenvalue weighted by Gasteiger charge is 2.22. The summed E-state index contributed by atoms with van der Waals surface area (Å²) in [5, 5.41) is 12.3. The molecule has 31 heavy (non-hydrogen) atoms. The van der Waals surface area contributed by atoms with Gasteiger partial charge < -0.3 is 5.32 Å². The maximum atomic E-state index is 13.2. The van der Waals surface area contributed by atoms with Gasteiger partial charge in [-0.2, -0.15) is 10.2 Å². The number of anilines is 1. The van der Waals surface area contributed by atoms with Crippen molar-refractivity contribution in [3.05, 3.63) is 93.5 Å². The fraction of sp³-hybridized carbons (Fsp3) is 0.208. The van der Waals surface area contributed by atoms with E-state index < -0.39 is 0 Å². The number of halogens is 1. The number of aromatic nitrogens is 4. The first kappa shape index (κ1) is 20.9. The minimum atomic E-state index is -0.299. The molecule has 0 aliphatic carbocycles. The van der Waals surface area contributed by atoms with Crippen molar-refractivity contribution in [3.63, 3.8) is 0 Å². The third kappa shape index (κ3) is 4.25. The highest BCUT2D eigenvalue weighted by atomic mass is 35.5. The summed E-state index contributed by atoms with van der Waals surface area (Å²) in [6, 6.07) is 17.7. The average molecular weight is 434 g/mol. The maximum absolute atomic E-state index is 13.2. The average Bonchev–Trinajstić information content (AvgIpc) is 3.21. The number of nitrogens with zero attached hydrogens (tertiary/aromatic N) is 4. The van der Waals surface area contributed by atoms with Gasteiger partial charge in [-0.25, -0.2) is 9.36 Å². The van der Waals surface area contributed by atoms with Gasteiger partial charge in [0.05, 0.1) is 34.9 Å². The largest absolute Gasteiger partial charge is 0.320 e. The molecule has 0 spiro atoms. The number of nitrogens with one attached hydrogen (secondary N) is 1. The van der Waals surface area contributed by atoms with Crippen LogP contribution in [0.4, 0.5) is 5.69 Å². The summed E-state index contributed by atoms with van der Waals surface area (Å²) in [6.07, 6.45) is 0. The van der Waals surface area contributed by atoms with Crippen LogP contribution in [0, 0.1) is 27.7 Å². The summed E-state index contributed by atoms with van der Waals surface area (Å²) in [7, 11) is 0. The normalized spacial score (nSPS) is 11.0. The second-order valence-electron chi connectivity index (χ2n) is 7.70. The highest BCUT2D eigenvalue weighted by Crippen LogP contribution is 2.26. The van der Waals surface area contributed by atoms with E-state index in [1.807, 2.05) is 80.1 Å². The van der Waals surface area contributed by atoms with Gasteiger partial charge in [0, 0.05) is 5.69 Å². The zero-order chi connectivity index (χ0) is 22.1. The standard InChI is InChI=1S/C24H24ClN5O/c1-15-9-11-19(12-10-15)14-29-23(25)22(18(4)28-29)24(31)26-20-7-5-6-8-21(20)30-17(3)13-16(2)27-30/h5-13H,14H2,1-4H3,(H,26,31). The number of para-hydroxylation sites is 2. The van der Waals surface area contributed by atoms with E-state index in [0.29, 0.717) is 28.6 Å². The van der Waals surface area contributed by atoms with Crippen molar-refractivity contribution in [3.8, 4) is 5.69 Å². The topological polar surface area (TPSA) is 64.7 Å². The number of rotatable bonds is 5. The van der Waals surface area contributed by atoms with Gasteiger partial charge in [0.25, 0.3) is 5.91 Å². The lowest BCUT2D eigenvalue weighted by Crippen LogP contribution is -2.15. The number of carbonyl (C=O) groups excluding carboxylic acids is 1. The van der Waals surface area contributed by atoms with Gasteiger partial charge >= 0.3 is 0 Å². The summed E-state index contributed by atoms with van der Waals surface area (Å²) in [5.74, 6) is -0.299. The molecule has 7 heteroatoms. The Hall–Kier alpha value is -3.38. The molecule has 0 fully saturated rings. The Labute approximate surface area is 186 Å². The number of amides is 1. The van der Waals surface area contributed by atoms with E-state index >= 15 is 0 Å². The molecule has 4 rings (SSSR count).